The van der Waals surface area contributed by atoms with E-state index in [-0.39, 0.29) is 13.2 Å². The Morgan fingerprint density at radius 3 is 2.16 bits per heavy atom. The maximum atomic E-state index is 9.94. The Balaban J connectivity index is 2.99. The van der Waals surface area contributed by atoms with Gasteiger partial charge in [-0.2, -0.15) is 0 Å². The van der Waals surface area contributed by atoms with E-state index in [4.69, 9.17) is 10.2 Å². The summed E-state index contributed by atoms with van der Waals surface area (Å²) in [6.45, 7) is 6.69. The molecule has 0 unspecified atom stereocenters. The second-order valence-corrected chi connectivity index (χ2v) is 5.53. The first-order valence-corrected chi connectivity index (χ1v) is 6.66. The van der Waals surface area contributed by atoms with Crippen LogP contribution in [-0.2, 0) is 6.42 Å². The number of rotatable bonds is 7. The minimum absolute atomic E-state index is 0.0503. The van der Waals surface area contributed by atoms with Crippen molar-refractivity contribution < 1.29 is 15.3 Å². The minimum atomic E-state index is -0.748. The van der Waals surface area contributed by atoms with Gasteiger partial charge in [-0.25, -0.2) is 0 Å². The highest BCUT2D eigenvalue weighted by Crippen LogP contribution is 2.22. The lowest BCUT2D eigenvalue weighted by molar-refractivity contribution is 0.0808. The van der Waals surface area contributed by atoms with Crippen LogP contribution in [0.15, 0.2) is 18.2 Å². The van der Waals surface area contributed by atoms with Crippen LogP contribution in [0.25, 0.3) is 0 Å². The van der Waals surface area contributed by atoms with Crippen LogP contribution < -0.4 is 4.90 Å². The topological polar surface area (TPSA) is 63.9 Å². The van der Waals surface area contributed by atoms with Gasteiger partial charge in [0, 0.05) is 25.2 Å². The van der Waals surface area contributed by atoms with Gasteiger partial charge in [0.25, 0.3) is 0 Å². The molecule has 0 heterocycles. The van der Waals surface area contributed by atoms with Crippen LogP contribution in [0.3, 0.4) is 0 Å². The van der Waals surface area contributed by atoms with Gasteiger partial charge in [0.15, 0.2) is 0 Å². The number of benzene rings is 1. The molecule has 0 fully saturated rings. The molecule has 1 aromatic rings. The van der Waals surface area contributed by atoms with Crippen molar-refractivity contribution in [3.05, 3.63) is 29.3 Å². The molecule has 0 atom stereocenters. The summed E-state index contributed by atoms with van der Waals surface area (Å²) in [6, 6.07) is 6.02. The average molecular weight is 267 g/mol. The maximum Gasteiger partial charge on any atom is 0.0632 e. The summed E-state index contributed by atoms with van der Waals surface area (Å²) in [5.41, 5.74) is 2.44. The van der Waals surface area contributed by atoms with E-state index in [0.717, 1.165) is 16.8 Å². The predicted octanol–water partition coefficient (Wildman–Crippen LogP) is 1.10. The van der Waals surface area contributed by atoms with E-state index in [1.54, 1.807) is 13.8 Å². The van der Waals surface area contributed by atoms with E-state index in [1.165, 1.54) is 0 Å². The van der Waals surface area contributed by atoms with Crippen LogP contribution >= 0.6 is 0 Å². The number of nitrogens with zero attached hydrogens (tertiary/aromatic N) is 1. The van der Waals surface area contributed by atoms with Gasteiger partial charge in [0.1, 0.15) is 0 Å². The SMILES string of the molecule is Cc1ccc(N(CCO)CCO)cc1CC(C)(C)O. The first-order valence-electron chi connectivity index (χ1n) is 6.66. The third kappa shape index (κ3) is 5.19. The number of aliphatic hydroxyl groups is 3. The number of aryl methyl sites for hydroxylation is 1. The molecular weight excluding hydrogens is 242 g/mol. The second-order valence-electron chi connectivity index (χ2n) is 5.53. The lowest BCUT2D eigenvalue weighted by Crippen LogP contribution is -2.30. The Labute approximate surface area is 115 Å². The van der Waals surface area contributed by atoms with Gasteiger partial charge in [0.2, 0.25) is 0 Å². The molecule has 0 aliphatic carbocycles. The average Bonchev–Trinajstić information content (AvgIpc) is 2.30. The zero-order chi connectivity index (χ0) is 14.5. The highest BCUT2D eigenvalue weighted by molar-refractivity contribution is 5.51. The molecule has 0 aromatic heterocycles. The molecule has 1 aromatic carbocycles. The zero-order valence-corrected chi connectivity index (χ0v) is 12.1. The Kier molecular flexibility index (Phi) is 5.79. The van der Waals surface area contributed by atoms with Crippen molar-refractivity contribution in [2.24, 2.45) is 0 Å². The molecule has 4 nitrogen and oxygen atoms in total. The molecule has 0 saturated heterocycles. The van der Waals surface area contributed by atoms with Crippen molar-refractivity contribution in [1.29, 1.82) is 0 Å². The summed E-state index contributed by atoms with van der Waals surface area (Å²) in [5, 5.41) is 28.1. The summed E-state index contributed by atoms with van der Waals surface area (Å²) < 4.78 is 0. The first kappa shape index (κ1) is 16.0. The molecule has 3 N–H and O–H groups in total. The summed E-state index contributed by atoms with van der Waals surface area (Å²) >= 11 is 0. The molecule has 108 valence electrons. The summed E-state index contributed by atoms with van der Waals surface area (Å²) in [7, 11) is 0. The molecule has 0 aliphatic heterocycles. The van der Waals surface area contributed by atoms with E-state index >= 15 is 0 Å². The predicted molar refractivity (Wildman–Crippen MR) is 77.6 cm³/mol. The fourth-order valence-corrected chi connectivity index (χ4v) is 2.12. The number of hydrogen-bond acceptors (Lipinski definition) is 4. The van der Waals surface area contributed by atoms with E-state index in [9.17, 15) is 5.11 Å². The van der Waals surface area contributed by atoms with E-state index in [0.29, 0.717) is 19.5 Å². The third-order valence-corrected chi connectivity index (χ3v) is 3.06. The van der Waals surface area contributed by atoms with Crippen molar-refractivity contribution in [2.45, 2.75) is 32.8 Å². The number of hydrogen-bond donors (Lipinski definition) is 3. The van der Waals surface area contributed by atoms with Gasteiger partial charge in [-0.3, -0.25) is 0 Å². The van der Waals surface area contributed by atoms with Gasteiger partial charge in [0.05, 0.1) is 18.8 Å². The largest absolute Gasteiger partial charge is 0.395 e. The molecule has 0 bridgehead atoms. The van der Waals surface area contributed by atoms with Crippen molar-refractivity contribution in [1.82, 2.24) is 0 Å². The van der Waals surface area contributed by atoms with Crippen LogP contribution in [0.1, 0.15) is 25.0 Å². The van der Waals surface area contributed by atoms with Crippen LogP contribution in [0, 0.1) is 6.92 Å². The molecule has 4 heteroatoms. The van der Waals surface area contributed by atoms with E-state index in [1.807, 2.05) is 30.0 Å². The summed E-state index contributed by atoms with van der Waals surface area (Å²) in [6.07, 6.45) is 0.582. The van der Waals surface area contributed by atoms with Crippen LogP contribution in [0.2, 0.25) is 0 Å². The second kappa shape index (κ2) is 6.89. The van der Waals surface area contributed by atoms with Gasteiger partial charge in [-0.1, -0.05) is 6.07 Å². The molecule has 0 spiro atoms. The maximum absolute atomic E-state index is 9.94. The molecule has 19 heavy (non-hydrogen) atoms. The monoisotopic (exact) mass is 267 g/mol. The van der Waals surface area contributed by atoms with Gasteiger partial charge >= 0.3 is 0 Å². The van der Waals surface area contributed by atoms with Crippen LogP contribution in [-0.4, -0.2) is 47.2 Å². The van der Waals surface area contributed by atoms with Crippen LogP contribution in [0.4, 0.5) is 5.69 Å². The Bertz CT molecular complexity index is 393. The lowest BCUT2D eigenvalue weighted by atomic mass is 9.95. The van der Waals surface area contributed by atoms with Crippen molar-refractivity contribution in [2.75, 3.05) is 31.2 Å². The molecular formula is C15H25NO3. The highest BCUT2D eigenvalue weighted by Gasteiger charge is 2.16. The van der Waals surface area contributed by atoms with Gasteiger partial charge in [-0.15, -0.1) is 0 Å². The molecule has 1 rings (SSSR count). The first-order chi connectivity index (χ1) is 8.87. The molecule has 0 aliphatic rings. The molecule has 0 radical (unpaired) electrons. The van der Waals surface area contributed by atoms with Crippen molar-refractivity contribution >= 4 is 5.69 Å². The number of aliphatic hydroxyl groups excluding tert-OH is 2. The van der Waals surface area contributed by atoms with Crippen molar-refractivity contribution in [3.63, 3.8) is 0 Å². The van der Waals surface area contributed by atoms with Gasteiger partial charge < -0.3 is 20.2 Å². The normalized spacial score (nSPS) is 11.7. The third-order valence-electron chi connectivity index (χ3n) is 3.06. The van der Waals surface area contributed by atoms with Crippen molar-refractivity contribution in [3.8, 4) is 0 Å². The Morgan fingerprint density at radius 1 is 1.11 bits per heavy atom. The van der Waals surface area contributed by atoms with Crippen LogP contribution in [0.5, 0.6) is 0 Å². The summed E-state index contributed by atoms with van der Waals surface area (Å²) in [5.74, 6) is 0. The Morgan fingerprint density at radius 2 is 1.68 bits per heavy atom. The fraction of sp³-hybridized carbons (Fsp3) is 0.600. The smallest absolute Gasteiger partial charge is 0.0632 e. The zero-order valence-electron chi connectivity index (χ0n) is 12.1. The lowest BCUT2D eigenvalue weighted by Gasteiger charge is -2.25. The minimum Gasteiger partial charge on any atom is -0.395 e. The van der Waals surface area contributed by atoms with E-state index < -0.39 is 5.60 Å². The van der Waals surface area contributed by atoms with Gasteiger partial charge in [-0.05, 0) is 44.0 Å². The standard InChI is InChI=1S/C15H25NO3/c1-12-4-5-14(16(6-8-17)7-9-18)10-13(12)11-15(2,3)19/h4-5,10,17-19H,6-9,11H2,1-3H3. The molecule has 0 amide bonds. The highest BCUT2D eigenvalue weighted by atomic mass is 16.3. The Hall–Kier alpha value is -1.10. The fourth-order valence-electron chi connectivity index (χ4n) is 2.12. The molecule has 0 saturated carbocycles. The van der Waals surface area contributed by atoms with E-state index in [2.05, 4.69) is 0 Å². The number of anilines is 1. The summed E-state index contributed by atoms with van der Waals surface area (Å²) in [4.78, 5) is 1.94. The quantitative estimate of drug-likeness (QED) is 0.692.